The number of carbonyl (C=O) groups excluding carboxylic acids is 1. The first kappa shape index (κ1) is 15.3. The van der Waals surface area contributed by atoms with Crippen LogP contribution in [0.4, 0.5) is 5.69 Å². The molecule has 0 aliphatic carbocycles. The molecular formula is C17H26N3O2+. The van der Waals surface area contributed by atoms with Crippen molar-refractivity contribution in [1.29, 1.82) is 0 Å². The molecule has 2 heterocycles. The molecule has 0 spiro atoms. The number of ether oxygens (including phenoxy) is 1. The highest BCUT2D eigenvalue weighted by Gasteiger charge is 2.23. The summed E-state index contributed by atoms with van der Waals surface area (Å²) in [5, 5.41) is 3.02. The Morgan fingerprint density at radius 2 is 2.05 bits per heavy atom. The molecule has 0 aromatic heterocycles. The van der Waals surface area contributed by atoms with Gasteiger partial charge in [0.2, 0.25) is 0 Å². The van der Waals surface area contributed by atoms with E-state index in [4.69, 9.17) is 4.74 Å². The van der Waals surface area contributed by atoms with Crippen molar-refractivity contribution in [1.82, 2.24) is 5.32 Å². The van der Waals surface area contributed by atoms with E-state index in [0.717, 1.165) is 45.6 Å². The molecule has 2 aliphatic rings. The van der Waals surface area contributed by atoms with E-state index in [1.165, 1.54) is 10.6 Å². The van der Waals surface area contributed by atoms with E-state index in [9.17, 15) is 4.79 Å². The zero-order valence-electron chi connectivity index (χ0n) is 13.1. The molecule has 2 saturated heterocycles. The fourth-order valence-corrected chi connectivity index (χ4v) is 3.22. The standard InChI is InChI=1S/C17H25N3O2/c21-17(18-13-16-7-4-12-22-16)14-19-8-10-20(11-9-19)15-5-2-1-3-6-15/h1-3,5-6,16H,4,7-14H2,(H,18,21)/p+1/t16-/m0/s1. The normalized spacial score (nSPS) is 22.7. The molecule has 0 saturated carbocycles. The summed E-state index contributed by atoms with van der Waals surface area (Å²) in [5.74, 6) is 0.152. The number of anilines is 1. The van der Waals surface area contributed by atoms with Gasteiger partial charge in [-0.25, -0.2) is 0 Å². The van der Waals surface area contributed by atoms with Crippen molar-refractivity contribution in [3.63, 3.8) is 0 Å². The Hall–Kier alpha value is -1.59. The van der Waals surface area contributed by atoms with E-state index in [0.29, 0.717) is 13.1 Å². The maximum atomic E-state index is 12.0. The minimum Gasteiger partial charge on any atom is -0.376 e. The number of rotatable bonds is 5. The minimum absolute atomic E-state index is 0.152. The summed E-state index contributed by atoms with van der Waals surface area (Å²) in [4.78, 5) is 15.8. The number of carbonyl (C=O) groups is 1. The Bertz CT molecular complexity index is 466. The van der Waals surface area contributed by atoms with Crippen LogP contribution in [0, 0.1) is 0 Å². The molecule has 1 amide bonds. The van der Waals surface area contributed by atoms with Gasteiger partial charge in [0.15, 0.2) is 6.54 Å². The smallest absolute Gasteiger partial charge is 0.275 e. The molecule has 0 radical (unpaired) electrons. The molecule has 22 heavy (non-hydrogen) atoms. The van der Waals surface area contributed by atoms with Gasteiger partial charge in [0.1, 0.15) is 0 Å². The molecule has 1 atom stereocenters. The number of quaternary nitrogens is 1. The van der Waals surface area contributed by atoms with Crippen molar-refractivity contribution < 1.29 is 14.4 Å². The molecule has 5 nitrogen and oxygen atoms in total. The number of benzene rings is 1. The van der Waals surface area contributed by atoms with Crippen molar-refractivity contribution in [3.05, 3.63) is 30.3 Å². The minimum atomic E-state index is 0.152. The zero-order valence-corrected chi connectivity index (χ0v) is 13.1. The second kappa shape index (κ2) is 7.61. The van der Waals surface area contributed by atoms with Gasteiger partial charge < -0.3 is 19.9 Å². The van der Waals surface area contributed by atoms with Crippen molar-refractivity contribution in [2.24, 2.45) is 0 Å². The second-order valence-corrected chi connectivity index (χ2v) is 6.19. The fourth-order valence-electron chi connectivity index (χ4n) is 3.22. The van der Waals surface area contributed by atoms with Crippen LogP contribution < -0.4 is 15.1 Å². The highest BCUT2D eigenvalue weighted by Crippen LogP contribution is 2.12. The third kappa shape index (κ3) is 4.21. The molecule has 1 aromatic carbocycles. The van der Waals surface area contributed by atoms with Gasteiger partial charge in [-0.1, -0.05) is 18.2 Å². The topological polar surface area (TPSA) is 46.0 Å². The van der Waals surface area contributed by atoms with E-state index < -0.39 is 0 Å². The summed E-state index contributed by atoms with van der Waals surface area (Å²) in [6, 6.07) is 10.5. The number of hydrogen-bond acceptors (Lipinski definition) is 3. The first-order valence-electron chi connectivity index (χ1n) is 8.33. The Kier molecular flexibility index (Phi) is 5.29. The number of nitrogens with zero attached hydrogens (tertiary/aromatic N) is 1. The number of nitrogens with one attached hydrogen (secondary N) is 2. The molecule has 0 unspecified atom stereocenters. The van der Waals surface area contributed by atoms with Crippen molar-refractivity contribution in [2.45, 2.75) is 18.9 Å². The van der Waals surface area contributed by atoms with Crippen LogP contribution in [0.2, 0.25) is 0 Å². The van der Waals surface area contributed by atoms with Gasteiger partial charge in [-0.15, -0.1) is 0 Å². The average molecular weight is 304 g/mol. The summed E-state index contributed by atoms with van der Waals surface area (Å²) in [6.07, 6.45) is 2.42. The largest absolute Gasteiger partial charge is 0.376 e. The van der Waals surface area contributed by atoms with E-state index in [-0.39, 0.29) is 12.0 Å². The molecule has 2 fully saturated rings. The van der Waals surface area contributed by atoms with Crippen molar-refractivity contribution in [2.75, 3.05) is 50.8 Å². The third-order valence-electron chi connectivity index (χ3n) is 4.55. The van der Waals surface area contributed by atoms with Crippen molar-refractivity contribution >= 4 is 11.6 Å². The summed E-state index contributed by atoms with van der Waals surface area (Å²) >= 11 is 0. The first-order valence-corrected chi connectivity index (χ1v) is 8.33. The van der Waals surface area contributed by atoms with E-state index >= 15 is 0 Å². The molecule has 120 valence electrons. The maximum absolute atomic E-state index is 12.0. The van der Waals surface area contributed by atoms with E-state index in [1.807, 2.05) is 6.07 Å². The summed E-state index contributed by atoms with van der Waals surface area (Å²) in [5.41, 5.74) is 1.28. The van der Waals surface area contributed by atoms with Gasteiger partial charge in [-0.3, -0.25) is 4.79 Å². The average Bonchev–Trinajstić information content (AvgIpc) is 3.08. The predicted molar refractivity (Wildman–Crippen MR) is 86.2 cm³/mol. The quantitative estimate of drug-likeness (QED) is 0.784. The lowest BCUT2D eigenvalue weighted by atomic mass is 10.2. The monoisotopic (exact) mass is 304 g/mol. The number of amides is 1. The van der Waals surface area contributed by atoms with Gasteiger partial charge in [-0.05, 0) is 25.0 Å². The van der Waals surface area contributed by atoms with Crippen LogP contribution in [0.25, 0.3) is 0 Å². The molecule has 2 N–H and O–H groups in total. The highest BCUT2D eigenvalue weighted by molar-refractivity contribution is 5.76. The summed E-state index contributed by atoms with van der Waals surface area (Å²) in [7, 11) is 0. The van der Waals surface area contributed by atoms with Gasteiger partial charge in [0.05, 0.1) is 32.3 Å². The van der Waals surface area contributed by atoms with Gasteiger partial charge in [-0.2, -0.15) is 0 Å². The summed E-state index contributed by atoms with van der Waals surface area (Å²) < 4.78 is 5.53. The van der Waals surface area contributed by atoms with Crippen LogP contribution in [-0.2, 0) is 9.53 Å². The Labute approximate surface area is 132 Å². The van der Waals surface area contributed by atoms with Crippen molar-refractivity contribution in [3.8, 4) is 0 Å². The molecule has 3 rings (SSSR count). The fraction of sp³-hybridized carbons (Fsp3) is 0.588. The van der Waals surface area contributed by atoms with Crippen LogP contribution in [-0.4, -0.2) is 57.9 Å². The molecule has 5 heteroatoms. The van der Waals surface area contributed by atoms with Crippen LogP contribution in [0.5, 0.6) is 0 Å². The van der Waals surface area contributed by atoms with Gasteiger partial charge in [0.25, 0.3) is 5.91 Å². The van der Waals surface area contributed by atoms with Gasteiger partial charge in [0, 0.05) is 18.8 Å². The Morgan fingerprint density at radius 3 is 2.73 bits per heavy atom. The lowest BCUT2D eigenvalue weighted by Crippen LogP contribution is -3.16. The lowest BCUT2D eigenvalue weighted by molar-refractivity contribution is -0.892. The van der Waals surface area contributed by atoms with Crippen LogP contribution in [0.3, 0.4) is 0 Å². The van der Waals surface area contributed by atoms with Crippen LogP contribution in [0.1, 0.15) is 12.8 Å². The number of para-hydroxylation sites is 1. The summed E-state index contributed by atoms with van der Waals surface area (Å²) in [6.45, 7) is 6.14. The Morgan fingerprint density at radius 1 is 1.27 bits per heavy atom. The molecule has 2 aliphatic heterocycles. The SMILES string of the molecule is O=C(C[NH+]1CCN(c2ccccc2)CC1)NC[C@@H]1CCCO1. The van der Waals surface area contributed by atoms with Gasteiger partial charge >= 0.3 is 0 Å². The van der Waals surface area contributed by atoms with E-state index in [2.05, 4.69) is 34.5 Å². The highest BCUT2D eigenvalue weighted by atomic mass is 16.5. The predicted octanol–water partition coefficient (Wildman–Crippen LogP) is -0.313. The lowest BCUT2D eigenvalue weighted by Gasteiger charge is -2.33. The second-order valence-electron chi connectivity index (χ2n) is 6.19. The van der Waals surface area contributed by atoms with Crippen LogP contribution >= 0.6 is 0 Å². The maximum Gasteiger partial charge on any atom is 0.275 e. The number of hydrogen-bond donors (Lipinski definition) is 2. The number of piperazine rings is 1. The molecule has 1 aromatic rings. The Balaban J connectivity index is 1.37. The van der Waals surface area contributed by atoms with Crippen LogP contribution in [0.15, 0.2) is 30.3 Å². The zero-order chi connectivity index (χ0) is 15.2. The molecule has 0 bridgehead atoms. The molecular weight excluding hydrogens is 278 g/mol. The third-order valence-corrected chi connectivity index (χ3v) is 4.55. The first-order chi connectivity index (χ1) is 10.8. The van der Waals surface area contributed by atoms with E-state index in [1.54, 1.807) is 0 Å².